The highest BCUT2D eigenvalue weighted by atomic mass is 32.1. The Hall–Kier alpha value is -1.63. The summed E-state index contributed by atoms with van der Waals surface area (Å²) in [6.45, 7) is 3.56. The summed E-state index contributed by atoms with van der Waals surface area (Å²) in [6.07, 6.45) is -4.39. The van der Waals surface area contributed by atoms with Crippen LogP contribution in [0.2, 0.25) is 0 Å². The van der Waals surface area contributed by atoms with Crippen LogP contribution in [0.25, 0.3) is 10.2 Å². The second kappa shape index (κ2) is 4.56. The Bertz CT molecular complexity index is 597. The van der Waals surface area contributed by atoms with E-state index in [0.29, 0.717) is 9.83 Å². The van der Waals surface area contributed by atoms with Gasteiger partial charge in [0.1, 0.15) is 0 Å². The van der Waals surface area contributed by atoms with Crippen LogP contribution in [-0.4, -0.2) is 10.7 Å². The SMILES string of the molecule is CC(C)=NNc1nc2c(C(F)(F)F)cccc2s1. The Balaban J connectivity index is 2.48. The number of alkyl halides is 3. The molecule has 1 aromatic heterocycles. The van der Waals surface area contributed by atoms with Gasteiger partial charge in [0, 0.05) is 5.71 Å². The molecule has 0 radical (unpaired) electrons. The van der Waals surface area contributed by atoms with Gasteiger partial charge in [0.2, 0.25) is 5.13 Å². The topological polar surface area (TPSA) is 37.3 Å². The summed E-state index contributed by atoms with van der Waals surface area (Å²) in [5.41, 5.74) is 2.65. The van der Waals surface area contributed by atoms with Gasteiger partial charge in [-0.3, -0.25) is 5.43 Å². The van der Waals surface area contributed by atoms with Crippen LogP contribution in [0.15, 0.2) is 23.3 Å². The zero-order valence-electron chi connectivity index (χ0n) is 9.67. The molecule has 3 nitrogen and oxygen atoms in total. The fourth-order valence-electron chi connectivity index (χ4n) is 1.38. The fourth-order valence-corrected chi connectivity index (χ4v) is 2.22. The van der Waals surface area contributed by atoms with Crippen LogP contribution >= 0.6 is 11.3 Å². The first-order valence-electron chi connectivity index (χ1n) is 5.11. The van der Waals surface area contributed by atoms with Gasteiger partial charge in [-0.25, -0.2) is 4.98 Å². The van der Waals surface area contributed by atoms with Crippen LogP contribution < -0.4 is 5.43 Å². The van der Waals surface area contributed by atoms with Crippen molar-refractivity contribution in [3.05, 3.63) is 23.8 Å². The molecule has 0 saturated heterocycles. The molecule has 7 heteroatoms. The standard InChI is InChI=1S/C11H10F3N3S/c1-6(2)16-17-10-15-9-7(11(12,13)14)4-3-5-8(9)18-10/h3-5H,1-2H3,(H,15,17). The molecule has 0 aliphatic carbocycles. The van der Waals surface area contributed by atoms with E-state index in [1.165, 1.54) is 6.07 Å². The number of hydrogen-bond acceptors (Lipinski definition) is 4. The van der Waals surface area contributed by atoms with E-state index in [2.05, 4.69) is 15.5 Å². The van der Waals surface area contributed by atoms with E-state index in [1.54, 1.807) is 19.9 Å². The van der Waals surface area contributed by atoms with E-state index in [1.807, 2.05) is 0 Å². The lowest BCUT2D eigenvalue weighted by atomic mass is 10.2. The van der Waals surface area contributed by atoms with E-state index in [0.717, 1.165) is 23.1 Å². The minimum Gasteiger partial charge on any atom is -0.253 e. The second-order valence-electron chi connectivity index (χ2n) is 3.84. The van der Waals surface area contributed by atoms with Crippen molar-refractivity contribution in [1.82, 2.24) is 4.98 Å². The number of rotatable bonds is 2. The maximum Gasteiger partial charge on any atom is 0.418 e. The van der Waals surface area contributed by atoms with Crippen molar-refractivity contribution in [3.8, 4) is 0 Å². The molecule has 96 valence electrons. The van der Waals surface area contributed by atoms with Crippen molar-refractivity contribution in [3.63, 3.8) is 0 Å². The molecule has 0 spiro atoms. The van der Waals surface area contributed by atoms with Gasteiger partial charge >= 0.3 is 6.18 Å². The Morgan fingerprint density at radius 2 is 2.06 bits per heavy atom. The van der Waals surface area contributed by atoms with E-state index < -0.39 is 11.7 Å². The smallest absolute Gasteiger partial charge is 0.253 e. The minimum atomic E-state index is -4.39. The quantitative estimate of drug-likeness (QED) is 0.660. The molecular formula is C11H10F3N3S. The van der Waals surface area contributed by atoms with Crippen LogP contribution in [0.3, 0.4) is 0 Å². The molecule has 0 fully saturated rings. The Morgan fingerprint density at radius 3 is 2.67 bits per heavy atom. The Morgan fingerprint density at radius 1 is 1.33 bits per heavy atom. The molecule has 0 amide bonds. The number of anilines is 1. The van der Waals surface area contributed by atoms with Crippen LogP contribution in [0.1, 0.15) is 19.4 Å². The van der Waals surface area contributed by atoms with Gasteiger partial charge in [-0.15, -0.1) is 0 Å². The molecule has 2 rings (SSSR count). The minimum absolute atomic E-state index is 0.0403. The predicted octanol–water partition coefficient (Wildman–Crippen LogP) is 4.12. The highest BCUT2D eigenvalue weighted by molar-refractivity contribution is 7.22. The van der Waals surface area contributed by atoms with Gasteiger partial charge in [-0.1, -0.05) is 17.4 Å². The number of hydrazone groups is 1. The number of para-hydroxylation sites is 1. The monoisotopic (exact) mass is 273 g/mol. The van der Waals surface area contributed by atoms with E-state index in [4.69, 9.17) is 0 Å². The lowest BCUT2D eigenvalue weighted by molar-refractivity contribution is -0.136. The van der Waals surface area contributed by atoms with Gasteiger partial charge < -0.3 is 0 Å². The number of benzene rings is 1. The molecule has 0 atom stereocenters. The number of nitrogens with zero attached hydrogens (tertiary/aromatic N) is 2. The van der Waals surface area contributed by atoms with E-state index >= 15 is 0 Å². The molecule has 0 aliphatic rings. The maximum absolute atomic E-state index is 12.8. The van der Waals surface area contributed by atoms with Gasteiger partial charge in [0.05, 0.1) is 15.8 Å². The van der Waals surface area contributed by atoms with Crippen LogP contribution in [-0.2, 0) is 6.18 Å². The summed E-state index contributed by atoms with van der Waals surface area (Å²) < 4.78 is 38.8. The Kier molecular flexibility index (Phi) is 3.25. The molecule has 0 saturated carbocycles. The van der Waals surface area contributed by atoms with Gasteiger partial charge in [-0.2, -0.15) is 18.3 Å². The first-order valence-corrected chi connectivity index (χ1v) is 5.93. The van der Waals surface area contributed by atoms with Crippen molar-refractivity contribution in [1.29, 1.82) is 0 Å². The average molecular weight is 273 g/mol. The summed E-state index contributed by atoms with van der Waals surface area (Å²) >= 11 is 1.14. The van der Waals surface area contributed by atoms with Gasteiger partial charge in [0.15, 0.2) is 0 Å². The summed E-state index contributed by atoms with van der Waals surface area (Å²) in [7, 11) is 0. The summed E-state index contributed by atoms with van der Waals surface area (Å²) in [5, 5.41) is 4.27. The number of aromatic nitrogens is 1. The fraction of sp³-hybridized carbons (Fsp3) is 0.273. The zero-order chi connectivity index (χ0) is 13.3. The molecule has 0 aliphatic heterocycles. The van der Waals surface area contributed by atoms with E-state index in [9.17, 15) is 13.2 Å². The third-order valence-corrected chi connectivity index (χ3v) is 3.02. The molecule has 1 aromatic carbocycles. The zero-order valence-corrected chi connectivity index (χ0v) is 10.5. The summed E-state index contributed by atoms with van der Waals surface area (Å²) in [6, 6.07) is 4.01. The van der Waals surface area contributed by atoms with Crippen molar-refractivity contribution in [2.24, 2.45) is 5.10 Å². The number of halogens is 3. The van der Waals surface area contributed by atoms with Gasteiger partial charge in [0.25, 0.3) is 0 Å². The third kappa shape index (κ3) is 2.61. The third-order valence-electron chi connectivity index (χ3n) is 2.10. The maximum atomic E-state index is 12.8. The predicted molar refractivity (Wildman–Crippen MR) is 67.0 cm³/mol. The number of nitrogens with one attached hydrogen (secondary N) is 1. The molecule has 0 bridgehead atoms. The number of fused-ring (bicyclic) bond motifs is 1. The summed E-state index contributed by atoms with van der Waals surface area (Å²) in [4.78, 5) is 3.93. The molecule has 2 aromatic rings. The highest BCUT2D eigenvalue weighted by Crippen LogP contribution is 2.37. The lowest BCUT2D eigenvalue weighted by Crippen LogP contribution is -2.05. The van der Waals surface area contributed by atoms with Crippen molar-refractivity contribution in [2.75, 3.05) is 5.43 Å². The molecular weight excluding hydrogens is 263 g/mol. The first-order chi connectivity index (χ1) is 8.38. The molecule has 1 N–H and O–H groups in total. The second-order valence-corrected chi connectivity index (χ2v) is 4.87. The van der Waals surface area contributed by atoms with Crippen LogP contribution in [0.4, 0.5) is 18.3 Å². The van der Waals surface area contributed by atoms with Crippen molar-refractivity contribution in [2.45, 2.75) is 20.0 Å². The Labute approximate surface area is 105 Å². The average Bonchev–Trinajstić information content (AvgIpc) is 2.66. The molecule has 1 heterocycles. The number of hydrogen-bond donors (Lipinski definition) is 1. The summed E-state index contributed by atoms with van der Waals surface area (Å²) in [5.74, 6) is 0. The van der Waals surface area contributed by atoms with E-state index in [-0.39, 0.29) is 5.52 Å². The lowest BCUT2D eigenvalue weighted by Gasteiger charge is -2.05. The van der Waals surface area contributed by atoms with Crippen molar-refractivity contribution >= 4 is 32.4 Å². The highest BCUT2D eigenvalue weighted by Gasteiger charge is 2.33. The molecule has 0 unspecified atom stereocenters. The van der Waals surface area contributed by atoms with Crippen LogP contribution in [0.5, 0.6) is 0 Å². The molecule has 18 heavy (non-hydrogen) atoms. The normalized spacial score (nSPS) is 11.6. The first kappa shape index (κ1) is 12.8. The van der Waals surface area contributed by atoms with Crippen LogP contribution in [0, 0.1) is 0 Å². The number of thiazole rings is 1. The van der Waals surface area contributed by atoms with Gasteiger partial charge in [-0.05, 0) is 26.0 Å². The largest absolute Gasteiger partial charge is 0.418 e. The van der Waals surface area contributed by atoms with Crippen molar-refractivity contribution < 1.29 is 13.2 Å².